The van der Waals surface area contributed by atoms with Crippen LogP contribution in [0, 0.1) is 11.6 Å². The molecule has 0 unspecified atom stereocenters. The van der Waals surface area contributed by atoms with E-state index < -0.39 is 11.6 Å². The third kappa shape index (κ3) is 2.01. The molecule has 2 heterocycles. The van der Waals surface area contributed by atoms with Gasteiger partial charge in [-0.3, -0.25) is 0 Å². The number of aromatic nitrogens is 5. The van der Waals surface area contributed by atoms with Crippen LogP contribution >= 0.6 is 11.8 Å². The molecule has 2 aromatic heterocycles. The molecule has 1 aliphatic carbocycles. The fraction of sp³-hybridized carbons (Fsp3) is 0.333. The van der Waals surface area contributed by atoms with E-state index in [1.54, 1.807) is 4.68 Å². The number of tetrazole rings is 1. The summed E-state index contributed by atoms with van der Waals surface area (Å²) < 4.78 is 28.1. The zero-order valence-corrected chi connectivity index (χ0v) is 9.86. The Morgan fingerprint density at radius 2 is 2.11 bits per heavy atom. The van der Waals surface area contributed by atoms with Gasteiger partial charge in [0.15, 0.2) is 17.5 Å². The van der Waals surface area contributed by atoms with Crippen LogP contribution in [0.25, 0.3) is 0 Å². The van der Waals surface area contributed by atoms with Crippen molar-refractivity contribution in [3.05, 3.63) is 17.7 Å². The monoisotopic (exact) mass is 270 g/mol. The molecule has 0 radical (unpaired) electrons. The molecular formula is C9H8F2N6S. The van der Waals surface area contributed by atoms with E-state index in [1.165, 1.54) is 0 Å². The first-order valence-corrected chi connectivity index (χ1v) is 6.04. The fourth-order valence-electron chi connectivity index (χ4n) is 1.42. The van der Waals surface area contributed by atoms with Gasteiger partial charge in [0.05, 0.1) is 6.04 Å². The summed E-state index contributed by atoms with van der Waals surface area (Å²) >= 11 is 0.933. The zero-order chi connectivity index (χ0) is 12.7. The van der Waals surface area contributed by atoms with Gasteiger partial charge in [0.2, 0.25) is 5.16 Å². The standard InChI is InChI=1S/C9H8F2N6S/c10-5-3-6(11)8(13-7(5)12)18-9-14-15-16-17(9)4-1-2-4/h3-4H,1-2H2,(H2,12,13). The van der Waals surface area contributed by atoms with Gasteiger partial charge in [-0.15, -0.1) is 5.10 Å². The Balaban J connectivity index is 1.92. The number of hydrogen-bond donors (Lipinski definition) is 1. The molecule has 0 spiro atoms. The molecule has 2 aromatic rings. The van der Waals surface area contributed by atoms with Gasteiger partial charge in [0.25, 0.3) is 0 Å². The van der Waals surface area contributed by atoms with Crippen molar-refractivity contribution in [2.24, 2.45) is 0 Å². The van der Waals surface area contributed by atoms with E-state index in [0.717, 1.165) is 24.6 Å². The molecule has 1 fully saturated rings. The lowest BCUT2D eigenvalue weighted by Crippen LogP contribution is -2.02. The number of anilines is 1. The van der Waals surface area contributed by atoms with E-state index >= 15 is 0 Å². The van der Waals surface area contributed by atoms with Crippen LogP contribution in [0.5, 0.6) is 0 Å². The predicted molar refractivity (Wildman–Crippen MR) is 58.8 cm³/mol. The molecule has 9 heteroatoms. The van der Waals surface area contributed by atoms with Crippen molar-refractivity contribution < 1.29 is 8.78 Å². The van der Waals surface area contributed by atoms with E-state index in [2.05, 4.69) is 20.5 Å². The van der Waals surface area contributed by atoms with Gasteiger partial charge in [0, 0.05) is 6.07 Å². The van der Waals surface area contributed by atoms with Gasteiger partial charge >= 0.3 is 0 Å². The van der Waals surface area contributed by atoms with E-state index in [-0.39, 0.29) is 16.9 Å². The summed E-state index contributed by atoms with van der Waals surface area (Å²) in [6, 6.07) is 0.971. The lowest BCUT2D eigenvalue weighted by molar-refractivity contribution is 0.548. The van der Waals surface area contributed by atoms with Gasteiger partial charge < -0.3 is 5.73 Å². The largest absolute Gasteiger partial charge is 0.381 e. The average Bonchev–Trinajstić information content (AvgIpc) is 3.07. The number of rotatable bonds is 3. The number of nitrogens with two attached hydrogens (primary N) is 1. The lowest BCUT2D eigenvalue weighted by atomic mass is 10.4. The summed E-state index contributed by atoms with van der Waals surface area (Å²) in [5.74, 6) is -2.00. The average molecular weight is 270 g/mol. The first-order valence-electron chi connectivity index (χ1n) is 5.22. The second-order valence-corrected chi connectivity index (χ2v) is 4.84. The highest BCUT2D eigenvalue weighted by atomic mass is 32.2. The molecule has 6 nitrogen and oxygen atoms in total. The lowest BCUT2D eigenvalue weighted by Gasteiger charge is -2.04. The van der Waals surface area contributed by atoms with E-state index in [1.807, 2.05) is 0 Å². The first-order chi connectivity index (χ1) is 8.65. The Hall–Kier alpha value is -1.77. The maximum Gasteiger partial charge on any atom is 0.215 e. The minimum absolute atomic E-state index is 0.0365. The first kappa shape index (κ1) is 11.3. The molecule has 94 valence electrons. The third-order valence-corrected chi connectivity index (χ3v) is 3.40. The summed E-state index contributed by atoms with van der Waals surface area (Å²) in [5.41, 5.74) is 5.30. The molecule has 3 rings (SSSR count). The summed E-state index contributed by atoms with van der Waals surface area (Å²) in [7, 11) is 0. The molecule has 1 aliphatic rings. The SMILES string of the molecule is Nc1nc(Sc2nnnn2C2CC2)c(F)cc1F. The Morgan fingerprint density at radius 1 is 1.33 bits per heavy atom. The second-order valence-electron chi connectivity index (χ2n) is 3.88. The van der Waals surface area contributed by atoms with Gasteiger partial charge in [-0.2, -0.15) is 0 Å². The topological polar surface area (TPSA) is 82.5 Å². The predicted octanol–water partition coefficient (Wildman–Crippen LogP) is 1.41. The van der Waals surface area contributed by atoms with Gasteiger partial charge in [-0.25, -0.2) is 18.4 Å². The number of halogens is 2. The van der Waals surface area contributed by atoms with Gasteiger partial charge in [-0.05, 0) is 35.0 Å². The minimum atomic E-state index is -0.876. The van der Waals surface area contributed by atoms with Crippen molar-refractivity contribution in [1.82, 2.24) is 25.2 Å². The van der Waals surface area contributed by atoms with Crippen molar-refractivity contribution in [3.63, 3.8) is 0 Å². The van der Waals surface area contributed by atoms with Gasteiger partial charge in [0.1, 0.15) is 5.03 Å². The maximum atomic E-state index is 13.5. The Bertz CT molecular complexity index is 597. The molecule has 0 aliphatic heterocycles. The Labute approximate surface area is 105 Å². The van der Waals surface area contributed by atoms with Crippen LogP contribution in [0.15, 0.2) is 16.2 Å². The van der Waals surface area contributed by atoms with Crippen molar-refractivity contribution in [1.29, 1.82) is 0 Å². The summed E-state index contributed by atoms with van der Waals surface area (Å²) in [5, 5.41) is 11.5. The third-order valence-electron chi connectivity index (χ3n) is 2.47. The zero-order valence-electron chi connectivity index (χ0n) is 9.05. The van der Waals surface area contributed by atoms with E-state index in [9.17, 15) is 8.78 Å². The van der Waals surface area contributed by atoms with E-state index in [0.29, 0.717) is 11.2 Å². The number of nitrogens with zero attached hydrogens (tertiary/aromatic N) is 5. The van der Waals surface area contributed by atoms with Crippen LogP contribution < -0.4 is 5.73 Å². The Morgan fingerprint density at radius 3 is 2.83 bits per heavy atom. The highest BCUT2D eigenvalue weighted by molar-refractivity contribution is 7.99. The molecule has 0 aromatic carbocycles. The van der Waals surface area contributed by atoms with Crippen LogP contribution in [0.2, 0.25) is 0 Å². The summed E-state index contributed by atoms with van der Waals surface area (Å²) in [6.45, 7) is 0. The second kappa shape index (κ2) is 4.16. The molecule has 2 N–H and O–H groups in total. The van der Waals surface area contributed by atoms with E-state index in [4.69, 9.17) is 5.73 Å². The smallest absolute Gasteiger partial charge is 0.215 e. The number of hydrogen-bond acceptors (Lipinski definition) is 6. The molecule has 1 saturated carbocycles. The maximum absolute atomic E-state index is 13.5. The quantitative estimate of drug-likeness (QED) is 0.908. The summed E-state index contributed by atoms with van der Waals surface area (Å²) in [6.07, 6.45) is 2.00. The van der Waals surface area contributed by atoms with Crippen LogP contribution in [-0.4, -0.2) is 25.2 Å². The van der Waals surface area contributed by atoms with Crippen LogP contribution in [0.3, 0.4) is 0 Å². The highest BCUT2D eigenvalue weighted by Gasteiger charge is 2.28. The normalized spacial score (nSPS) is 15.0. The molecule has 18 heavy (non-hydrogen) atoms. The van der Waals surface area contributed by atoms with Crippen LogP contribution in [0.4, 0.5) is 14.6 Å². The molecule has 0 amide bonds. The van der Waals surface area contributed by atoms with Crippen LogP contribution in [-0.2, 0) is 0 Å². The van der Waals surface area contributed by atoms with Crippen molar-refractivity contribution in [2.75, 3.05) is 5.73 Å². The van der Waals surface area contributed by atoms with Crippen molar-refractivity contribution >= 4 is 17.6 Å². The minimum Gasteiger partial charge on any atom is -0.381 e. The molecular weight excluding hydrogens is 262 g/mol. The summed E-state index contributed by atoms with van der Waals surface area (Å²) in [4.78, 5) is 3.65. The van der Waals surface area contributed by atoms with Crippen molar-refractivity contribution in [2.45, 2.75) is 29.1 Å². The number of pyridine rings is 1. The number of nitrogen functional groups attached to an aromatic ring is 1. The highest BCUT2D eigenvalue weighted by Crippen LogP contribution is 2.38. The fourth-order valence-corrected chi connectivity index (χ4v) is 2.25. The van der Waals surface area contributed by atoms with Crippen LogP contribution in [0.1, 0.15) is 18.9 Å². The molecule has 0 saturated heterocycles. The molecule has 0 atom stereocenters. The van der Waals surface area contributed by atoms with Gasteiger partial charge in [-0.1, -0.05) is 0 Å². The van der Waals surface area contributed by atoms with Crippen molar-refractivity contribution in [3.8, 4) is 0 Å². The Kier molecular flexibility index (Phi) is 2.62. The molecule has 0 bridgehead atoms.